The Bertz CT molecular complexity index is 549. The number of benzene rings is 1. The molecule has 1 atom stereocenters. The fourth-order valence-corrected chi connectivity index (χ4v) is 2.48. The lowest BCUT2D eigenvalue weighted by Gasteiger charge is -2.28. The molecule has 0 spiro atoms. The first-order valence-electron chi connectivity index (χ1n) is 7.15. The summed E-state index contributed by atoms with van der Waals surface area (Å²) in [7, 11) is 0. The standard InChI is InChI=1S/C16H22N2O3/c1-11-7-5-6-8-12(11)13-9-10-14(19)18(13)17-15(20)21-16(2,3)4/h5-8,13H,9-10H2,1-4H3,(H,17,20). The van der Waals surface area contributed by atoms with Gasteiger partial charge in [-0.3, -0.25) is 4.79 Å². The fraction of sp³-hybridized carbons (Fsp3) is 0.500. The zero-order chi connectivity index (χ0) is 15.6. The summed E-state index contributed by atoms with van der Waals surface area (Å²) in [6, 6.07) is 7.76. The molecule has 1 saturated heterocycles. The molecule has 1 N–H and O–H groups in total. The number of carbonyl (C=O) groups excluding carboxylic acids is 2. The van der Waals surface area contributed by atoms with Crippen LogP contribution in [0.5, 0.6) is 0 Å². The first-order valence-corrected chi connectivity index (χ1v) is 7.15. The van der Waals surface area contributed by atoms with Gasteiger partial charge >= 0.3 is 6.09 Å². The van der Waals surface area contributed by atoms with Crippen molar-refractivity contribution in [3.63, 3.8) is 0 Å². The van der Waals surface area contributed by atoms with Gasteiger partial charge in [0.1, 0.15) is 5.60 Å². The number of hydrogen-bond donors (Lipinski definition) is 1. The third-order valence-electron chi connectivity index (χ3n) is 3.37. The van der Waals surface area contributed by atoms with Crippen LogP contribution in [-0.4, -0.2) is 22.6 Å². The molecule has 21 heavy (non-hydrogen) atoms. The van der Waals surface area contributed by atoms with Crippen molar-refractivity contribution in [2.75, 3.05) is 0 Å². The monoisotopic (exact) mass is 290 g/mol. The molecule has 2 amide bonds. The molecule has 0 saturated carbocycles. The Balaban J connectivity index is 2.15. The second-order valence-electron chi connectivity index (χ2n) is 6.29. The lowest BCUT2D eigenvalue weighted by atomic mass is 10.00. The van der Waals surface area contributed by atoms with Crippen LogP contribution in [0.2, 0.25) is 0 Å². The van der Waals surface area contributed by atoms with Crippen molar-refractivity contribution in [3.05, 3.63) is 35.4 Å². The van der Waals surface area contributed by atoms with Crippen LogP contribution in [0.15, 0.2) is 24.3 Å². The molecule has 1 aliphatic heterocycles. The lowest BCUT2D eigenvalue weighted by Crippen LogP contribution is -2.46. The van der Waals surface area contributed by atoms with Crippen LogP contribution in [0.3, 0.4) is 0 Å². The molecule has 2 rings (SSSR count). The number of hydrogen-bond acceptors (Lipinski definition) is 3. The molecular weight excluding hydrogens is 268 g/mol. The minimum atomic E-state index is -0.601. The predicted molar refractivity (Wildman–Crippen MR) is 79.4 cm³/mol. The SMILES string of the molecule is Cc1ccccc1C1CCC(=O)N1NC(=O)OC(C)(C)C. The van der Waals surface area contributed by atoms with E-state index in [9.17, 15) is 9.59 Å². The van der Waals surface area contributed by atoms with Gasteiger partial charge in [0.2, 0.25) is 5.91 Å². The Morgan fingerprint density at radius 1 is 1.33 bits per heavy atom. The number of ether oxygens (including phenoxy) is 1. The third-order valence-corrected chi connectivity index (χ3v) is 3.37. The first kappa shape index (κ1) is 15.4. The number of nitrogens with zero attached hydrogens (tertiary/aromatic N) is 1. The van der Waals surface area contributed by atoms with Crippen molar-refractivity contribution in [1.29, 1.82) is 0 Å². The summed E-state index contributed by atoms with van der Waals surface area (Å²) in [5.74, 6) is -0.0888. The van der Waals surface area contributed by atoms with Crippen molar-refractivity contribution >= 4 is 12.0 Å². The average molecular weight is 290 g/mol. The number of carbonyl (C=O) groups is 2. The van der Waals surface area contributed by atoms with Crippen molar-refractivity contribution in [3.8, 4) is 0 Å². The van der Waals surface area contributed by atoms with Crippen LogP contribution in [0.1, 0.15) is 50.8 Å². The normalized spacial score (nSPS) is 18.8. The number of nitrogens with one attached hydrogen (secondary N) is 1. The van der Waals surface area contributed by atoms with Crippen molar-refractivity contribution in [1.82, 2.24) is 10.4 Å². The van der Waals surface area contributed by atoms with Gasteiger partial charge in [-0.15, -0.1) is 0 Å². The zero-order valence-corrected chi connectivity index (χ0v) is 13.0. The van der Waals surface area contributed by atoms with Gasteiger partial charge in [0.25, 0.3) is 0 Å². The van der Waals surface area contributed by atoms with E-state index < -0.39 is 11.7 Å². The van der Waals surface area contributed by atoms with Crippen LogP contribution in [0.25, 0.3) is 0 Å². The van der Waals surface area contributed by atoms with Crippen LogP contribution in [-0.2, 0) is 9.53 Å². The van der Waals surface area contributed by atoms with Crippen molar-refractivity contribution in [2.24, 2.45) is 0 Å². The minimum absolute atomic E-state index is 0.0888. The number of aryl methyl sites for hydroxylation is 1. The highest BCUT2D eigenvalue weighted by Crippen LogP contribution is 2.33. The van der Waals surface area contributed by atoms with Gasteiger partial charge < -0.3 is 4.74 Å². The summed E-state index contributed by atoms with van der Waals surface area (Å²) >= 11 is 0. The molecule has 0 bridgehead atoms. The van der Waals surface area contributed by atoms with Gasteiger partial charge in [-0.25, -0.2) is 15.2 Å². The molecule has 1 heterocycles. The molecule has 1 unspecified atom stereocenters. The molecule has 1 aromatic carbocycles. The maximum absolute atomic E-state index is 12.0. The zero-order valence-electron chi connectivity index (χ0n) is 13.0. The third kappa shape index (κ3) is 3.74. The largest absolute Gasteiger partial charge is 0.443 e. The quantitative estimate of drug-likeness (QED) is 0.910. The molecule has 1 aliphatic rings. The van der Waals surface area contributed by atoms with E-state index in [1.54, 1.807) is 20.8 Å². The summed E-state index contributed by atoms with van der Waals surface area (Å²) < 4.78 is 5.22. The average Bonchev–Trinajstić information content (AvgIpc) is 2.69. The highest BCUT2D eigenvalue weighted by molar-refractivity contribution is 5.81. The second kappa shape index (κ2) is 5.76. The summed E-state index contributed by atoms with van der Waals surface area (Å²) in [5, 5.41) is 1.40. The van der Waals surface area contributed by atoms with Crippen molar-refractivity contribution < 1.29 is 14.3 Å². The molecule has 5 heteroatoms. The maximum atomic E-state index is 12.0. The maximum Gasteiger partial charge on any atom is 0.426 e. The van der Waals surface area contributed by atoms with Gasteiger partial charge in [0.05, 0.1) is 6.04 Å². The van der Waals surface area contributed by atoms with E-state index in [0.717, 1.165) is 11.1 Å². The van der Waals surface area contributed by atoms with E-state index in [4.69, 9.17) is 4.74 Å². The molecular formula is C16H22N2O3. The lowest BCUT2D eigenvalue weighted by molar-refractivity contribution is -0.132. The van der Waals surface area contributed by atoms with E-state index in [-0.39, 0.29) is 11.9 Å². The smallest absolute Gasteiger partial charge is 0.426 e. The van der Waals surface area contributed by atoms with Gasteiger partial charge in [-0.1, -0.05) is 24.3 Å². The topological polar surface area (TPSA) is 58.6 Å². The van der Waals surface area contributed by atoms with E-state index in [0.29, 0.717) is 12.8 Å². The molecule has 0 aromatic heterocycles. The Hall–Kier alpha value is -2.04. The first-order chi connectivity index (χ1) is 9.78. The van der Waals surface area contributed by atoms with E-state index in [1.165, 1.54) is 5.01 Å². The Morgan fingerprint density at radius 3 is 2.62 bits per heavy atom. The molecule has 0 radical (unpaired) electrons. The van der Waals surface area contributed by atoms with Crippen LogP contribution < -0.4 is 5.43 Å². The molecule has 1 aromatic rings. The van der Waals surface area contributed by atoms with Crippen LogP contribution >= 0.6 is 0 Å². The molecule has 5 nitrogen and oxygen atoms in total. The minimum Gasteiger partial charge on any atom is -0.443 e. The molecule has 114 valence electrons. The second-order valence-corrected chi connectivity index (χ2v) is 6.29. The van der Waals surface area contributed by atoms with E-state index in [2.05, 4.69) is 5.43 Å². The van der Waals surface area contributed by atoms with Gasteiger partial charge in [-0.2, -0.15) is 0 Å². The number of amides is 2. The molecule has 0 aliphatic carbocycles. The highest BCUT2D eigenvalue weighted by Gasteiger charge is 2.35. The van der Waals surface area contributed by atoms with Crippen LogP contribution in [0, 0.1) is 6.92 Å². The predicted octanol–water partition coefficient (Wildman–Crippen LogP) is 3.10. The summed E-state index contributed by atoms with van der Waals surface area (Å²) in [5.41, 5.74) is 4.15. The summed E-state index contributed by atoms with van der Waals surface area (Å²) in [6.45, 7) is 7.37. The number of hydrazine groups is 1. The fourth-order valence-electron chi connectivity index (χ4n) is 2.48. The Morgan fingerprint density at radius 2 is 2.00 bits per heavy atom. The van der Waals surface area contributed by atoms with Gasteiger partial charge in [-0.05, 0) is 45.2 Å². The Kier molecular flexibility index (Phi) is 4.21. The highest BCUT2D eigenvalue weighted by atomic mass is 16.6. The Labute approximate surface area is 125 Å². The summed E-state index contributed by atoms with van der Waals surface area (Å²) in [6.07, 6.45) is 0.519. The van der Waals surface area contributed by atoms with Gasteiger partial charge in [0, 0.05) is 6.42 Å². The van der Waals surface area contributed by atoms with Crippen molar-refractivity contribution in [2.45, 2.75) is 52.2 Å². The summed E-state index contributed by atoms with van der Waals surface area (Å²) in [4.78, 5) is 23.9. The van der Waals surface area contributed by atoms with E-state index >= 15 is 0 Å². The van der Waals surface area contributed by atoms with Gasteiger partial charge in [0.15, 0.2) is 0 Å². The molecule has 1 fully saturated rings. The number of rotatable bonds is 2. The van der Waals surface area contributed by atoms with Crippen LogP contribution in [0.4, 0.5) is 4.79 Å². The van der Waals surface area contributed by atoms with E-state index in [1.807, 2.05) is 31.2 Å².